The molecule has 11 heteroatoms. The Balaban J connectivity index is 1.43. The van der Waals surface area contributed by atoms with E-state index in [4.69, 9.17) is 15.3 Å². The molecule has 0 unspecified atom stereocenters. The van der Waals surface area contributed by atoms with Crippen molar-refractivity contribution >= 4 is 23.6 Å². The lowest BCUT2D eigenvalue weighted by atomic mass is 10.3. The van der Waals surface area contributed by atoms with Crippen LogP contribution in [0.3, 0.4) is 0 Å². The van der Waals surface area contributed by atoms with Crippen LogP contribution in [0.15, 0.2) is 29.4 Å². The van der Waals surface area contributed by atoms with Crippen molar-refractivity contribution in [2.45, 2.75) is 24.6 Å². The van der Waals surface area contributed by atoms with Gasteiger partial charge in [0, 0.05) is 19.2 Å². The van der Waals surface area contributed by atoms with Crippen LogP contribution in [0.25, 0.3) is 0 Å². The number of likely N-dealkylation sites (tertiary alicyclic amines) is 1. The second kappa shape index (κ2) is 10.0. The van der Waals surface area contributed by atoms with Crippen molar-refractivity contribution in [1.29, 1.82) is 0 Å². The van der Waals surface area contributed by atoms with Crippen molar-refractivity contribution in [2.75, 3.05) is 38.3 Å². The second-order valence-electron chi connectivity index (χ2n) is 6.39. The lowest BCUT2D eigenvalue weighted by molar-refractivity contribution is -0.131. The van der Waals surface area contributed by atoms with Crippen LogP contribution >= 0.6 is 11.8 Å². The van der Waals surface area contributed by atoms with E-state index in [2.05, 4.69) is 15.5 Å². The summed E-state index contributed by atoms with van der Waals surface area (Å²) in [5.41, 5.74) is 0. The van der Waals surface area contributed by atoms with Gasteiger partial charge in [-0.15, -0.1) is 10.2 Å². The summed E-state index contributed by atoms with van der Waals surface area (Å²) in [5, 5.41) is 11.0. The van der Waals surface area contributed by atoms with Crippen LogP contribution in [0.2, 0.25) is 0 Å². The van der Waals surface area contributed by atoms with Gasteiger partial charge in [0.1, 0.15) is 18.1 Å². The molecule has 29 heavy (non-hydrogen) atoms. The summed E-state index contributed by atoms with van der Waals surface area (Å²) in [7, 11) is 1.58. The summed E-state index contributed by atoms with van der Waals surface area (Å²) >= 11 is 1.14. The average molecular weight is 420 g/mol. The Morgan fingerprint density at radius 3 is 2.76 bits per heavy atom. The number of hydrogen-bond donors (Lipinski definition) is 2. The Hall–Kier alpha value is -2.95. The van der Waals surface area contributed by atoms with Gasteiger partial charge in [-0.05, 0) is 25.0 Å². The highest BCUT2D eigenvalue weighted by Gasteiger charge is 2.18. The number of aromatic nitrogens is 3. The third-order valence-electron chi connectivity index (χ3n) is 4.37. The fourth-order valence-electron chi connectivity index (χ4n) is 2.78. The first-order valence-corrected chi connectivity index (χ1v) is 10.2. The van der Waals surface area contributed by atoms with E-state index in [1.54, 1.807) is 24.1 Å². The number of nitrogens with zero attached hydrogens (tertiary/aromatic N) is 4. The molecule has 1 aromatic carbocycles. The molecule has 2 heterocycles. The van der Waals surface area contributed by atoms with Crippen LogP contribution in [0.4, 0.5) is 0 Å². The highest BCUT2D eigenvalue weighted by Crippen LogP contribution is 2.20. The zero-order valence-electron chi connectivity index (χ0n) is 16.2. The van der Waals surface area contributed by atoms with Crippen LogP contribution in [0, 0.1) is 0 Å². The van der Waals surface area contributed by atoms with Crippen molar-refractivity contribution in [1.82, 2.24) is 25.1 Å². The van der Waals surface area contributed by atoms with Crippen LogP contribution in [-0.2, 0) is 16.2 Å². The fraction of sp³-hybridized carbons (Fsp3) is 0.444. The number of rotatable bonds is 9. The lowest BCUT2D eigenvalue weighted by Gasteiger charge is -2.15. The number of nitrogens with one attached hydrogen (secondary N) is 1. The maximum absolute atomic E-state index is 12.0. The summed E-state index contributed by atoms with van der Waals surface area (Å²) in [4.78, 5) is 25.7. The van der Waals surface area contributed by atoms with E-state index in [1.165, 1.54) is 4.68 Å². The number of ether oxygens (including phenoxy) is 2. The molecule has 0 atom stereocenters. The predicted molar refractivity (Wildman–Crippen MR) is 107 cm³/mol. The number of amides is 2. The number of nitrogens with two attached hydrogens (primary N) is 1. The number of nitrogen functional groups attached to an aromatic ring is 1. The zero-order valence-corrected chi connectivity index (χ0v) is 17.0. The molecular formula is C18H24N6O4S. The largest absolute Gasteiger partial charge is 0.497 e. The molecule has 1 saturated heterocycles. The quantitative estimate of drug-likeness (QED) is 0.441. The van der Waals surface area contributed by atoms with Crippen LogP contribution in [-0.4, -0.2) is 64.1 Å². The van der Waals surface area contributed by atoms with E-state index in [-0.39, 0.29) is 30.7 Å². The van der Waals surface area contributed by atoms with E-state index in [1.807, 2.05) is 12.1 Å². The highest BCUT2D eigenvalue weighted by molar-refractivity contribution is 7.99. The Kier molecular flexibility index (Phi) is 7.17. The zero-order chi connectivity index (χ0) is 20.6. The molecule has 1 fully saturated rings. The van der Waals surface area contributed by atoms with E-state index in [0.29, 0.717) is 22.5 Å². The minimum Gasteiger partial charge on any atom is -0.497 e. The van der Waals surface area contributed by atoms with Gasteiger partial charge in [0.05, 0.1) is 19.4 Å². The number of carbonyl (C=O) groups excluding carboxylic acids is 2. The van der Waals surface area contributed by atoms with Crippen molar-refractivity contribution in [2.24, 2.45) is 0 Å². The van der Waals surface area contributed by atoms with Gasteiger partial charge < -0.3 is 25.5 Å². The van der Waals surface area contributed by atoms with Crippen LogP contribution < -0.4 is 20.6 Å². The maximum atomic E-state index is 12.0. The Morgan fingerprint density at radius 1 is 1.24 bits per heavy atom. The molecule has 3 rings (SSSR count). The molecule has 1 aliphatic rings. The maximum Gasteiger partial charge on any atom is 0.241 e. The van der Waals surface area contributed by atoms with Gasteiger partial charge in [0.25, 0.3) is 0 Å². The van der Waals surface area contributed by atoms with E-state index in [9.17, 15) is 9.59 Å². The van der Waals surface area contributed by atoms with E-state index >= 15 is 0 Å². The summed E-state index contributed by atoms with van der Waals surface area (Å²) < 4.78 is 12.1. The second-order valence-corrected chi connectivity index (χ2v) is 7.33. The molecule has 0 spiro atoms. The first-order chi connectivity index (χ1) is 14.1. The number of benzene rings is 1. The SMILES string of the molecule is COc1cccc(OCc2nnc(SCC(=O)NCC(=O)N3CCCC3)n2N)c1. The summed E-state index contributed by atoms with van der Waals surface area (Å²) in [6.45, 7) is 1.66. The standard InChI is InChI=1S/C18H24N6O4S/c1-27-13-5-4-6-14(9-13)28-11-15-21-22-18(24(15)19)29-12-16(25)20-10-17(26)23-7-2-3-8-23/h4-6,9H,2-3,7-8,10-12,19H2,1H3,(H,20,25). The predicted octanol–water partition coefficient (Wildman–Crippen LogP) is 0.410. The summed E-state index contributed by atoms with van der Waals surface area (Å²) in [6.07, 6.45) is 2.04. The molecule has 3 N–H and O–H groups in total. The molecule has 2 amide bonds. The molecule has 1 aliphatic heterocycles. The van der Waals surface area contributed by atoms with Crippen molar-refractivity contribution < 1.29 is 19.1 Å². The van der Waals surface area contributed by atoms with Gasteiger partial charge in [-0.2, -0.15) is 0 Å². The van der Waals surface area contributed by atoms with Gasteiger partial charge in [-0.25, -0.2) is 4.68 Å². The van der Waals surface area contributed by atoms with Gasteiger partial charge in [0.15, 0.2) is 5.82 Å². The lowest BCUT2D eigenvalue weighted by Crippen LogP contribution is -2.39. The average Bonchev–Trinajstić information content (AvgIpc) is 3.39. The van der Waals surface area contributed by atoms with Crippen LogP contribution in [0.1, 0.15) is 18.7 Å². The van der Waals surface area contributed by atoms with Crippen molar-refractivity contribution in [3.05, 3.63) is 30.1 Å². The van der Waals surface area contributed by atoms with E-state index < -0.39 is 0 Å². The molecule has 1 aromatic heterocycles. The molecule has 2 aromatic rings. The smallest absolute Gasteiger partial charge is 0.241 e. The van der Waals surface area contributed by atoms with Gasteiger partial charge in [-0.3, -0.25) is 9.59 Å². The normalized spacial score (nSPS) is 13.3. The first kappa shape index (κ1) is 20.8. The fourth-order valence-corrected chi connectivity index (χ4v) is 3.48. The number of methoxy groups -OCH3 is 1. The summed E-state index contributed by atoms with van der Waals surface area (Å²) in [5.74, 6) is 7.46. The van der Waals surface area contributed by atoms with Gasteiger partial charge in [-0.1, -0.05) is 17.8 Å². The minimum atomic E-state index is -0.264. The topological polar surface area (TPSA) is 125 Å². The number of thioether (sulfide) groups is 1. The highest BCUT2D eigenvalue weighted by atomic mass is 32.2. The molecule has 0 bridgehead atoms. The van der Waals surface area contributed by atoms with Crippen molar-refractivity contribution in [3.8, 4) is 11.5 Å². The third-order valence-corrected chi connectivity index (χ3v) is 5.32. The number of hydrogen-bond acceptors (Lipinski definition) is 8. The van der Waals surface area contributed by atoms with Gasteiger partial charge >= 0.3 is 0 Å². The first-order valence-electron chi connectivity index (χ1n) is 9.20. The van der Waals surface area contributed by atoms with Gasteiger partial charge in [0.2, 0.25) is 17.0 Å². The Labute approximate surface area is 172 Å². The molecular weight excluding hydrogens is 396 g/mol. The Morgan fingerprint density at radius 2 is 2.00 bits per heavy atom. The molecule has 0 saturated carbocycles. The molecule has 156 valence electrons. The van der Waals surface area contributed by atoms with E-state index in [0.717, 1.165) is 37.7 Å². The molecule has 0 aliphatic carbocycles. The van der Waals surface area contributed by atoms with Crippen molar-refractivity contribution in [3.63, 3.8) is 0 Å². The molecule has 10 nitrogen and oxygen atoms in total. The number of carbonyl (C=O) groups is 2. The monoisotopic (exact) mass is 420 g/mol. The Bertz CT molecular complexity index is 853. The minimum absolute atomic E-state index is 0.00827. The third kappa shape index (κ3) is 5.76. The van der Waals surface area contributed by atoms with Crippen LogP contribution in [0.5, 0.6) is 11.5 Å². The molecule has 0 radical (unpaired) electrons. The summed E-state index contributed by atoms with van der Waals surface area (Å²) in [6, 6.07) is 7.18.